The first-order valence-electron chi connectivity index (χ1n) is 7.15. The highest BCUT2D eigenvalue weighted by Gasteiger charge is 2.25. The van der Waals surface area contributed by atoms with Crippen LogP contribution in [-0.2, 0) is 0 Å². The van der Waals surface area contributed by atoms with Crippen molar-refractivity contribution < 1.29 is 4.42 Å². The smallest absolute Gasteiger partial charge is 0.247 e. The minimum Gasteiger partial charge on any atom is -0.443 e. The number of anilines is 1. The summed E-state index contributed by atoms with van der Waals surface area (Å²) < 4.78 is 7.46. The van der Waals surface area contributed by atoms with Crippen molar-refractivity contribution in [3.8, 4) is 11.6 Å². The molecule has 1 saturated carbocycles. The van der Waals surface area contributed by atoms with Crippen LogP contribution in [0.15, 0.2) is 16.9 Å². The van der Waals surface area contributed by atoms with Crippen LogP contribution >= 0.6 is 0 Å². The highest BCUT2D eigenvalue weighted by molar-refractivity contribution is 5.88. The van der Waals surface area contributed by atoms with E-state index in [0.717, 1.165) is 29.6 Å². The second kappa shape index (κ2) is 4.54. The minimum atomic E-state index is 0.261. The SMILES string of the molecule is Cc1coc(-c2nn(C3CCCC3)c3nc(N)ncc23)n1. The van der Waals surface area contributed by atoms with Crippen LogP contribution in [0, 0.1) is 6.92 Å². The van der Waals surface area contributed by atoms with E-state index in [1.807, 2.05) is 11.6 Å². The van der Waals surface area contributed by atoms with Crippen molar-refractivity contribution in [3.05, 3.63) is 18.2 Å². The fourth-order valence-corrected chi connectivity index (χ4v) is 2.96. The lowest BCUT2D eigenvalue weighted by molar-refractivity contribution is 0.477. The number of oxazole rings is 1. The Morgan fingerprint density at radius 2 is 2.10 bits per heavy atom. The van der Waals surface area contributed by atoms with Gasteiger partial charge in [0.15, 0.2) is 11.3 Å². The molecule has 0 bridgehead atoms. The third kappa shape index (κ3) is 1.96. The molecule has 1 fully saturated rings. The molecule has 0 spiro atoms. The molecule has 0 atom stereocenters. The molecule has 21 heavy (non-hydrogen) atoms. The summed E-state index contributed by atoms with van der Waals surface area (Å²) >= 11 is 0. The van der Waals surface area contributed by atoms with Crippen molar-refractivity contribution in [2.45, 2.75) is 38.6 Å². The van der Waals surface area contributed by atoms with Crippen molar-refractivity contribution in [3.63, 3.8) is 0 Å². The lowest BCUT2D eigenvalue weighted by atomic mass is 10.2. The van der Waals surface area contributed by atoms with Gasteiger partial charge in [-0.15, -0.1) is 0 Å². The summed E-state index contributed by atoms with van der Waals surface area (Å²) in [5.41, 5.74) is 8.01. The highest BCUT2D eigenvalue weighted by atomic mass is 16.3. The maximum absolute atomic E-state index is 5.74. The first-order valence-corrected chi connectivity index (χ1v) is 7.15. The molecule has 108 valence electrons. The summed E-state index contributed by atoms with van der Waals surface area (Å²) in [6, 6.07) is 0.367. The largest absolute Gasteiger partial charge is 0.443 e. The number of fused-ring (bicyclic) bond motifs is 1. The van der Waals surface area contributed by atoms with E-state index < -0.39 is 0 Å². The summed E-state index contributed by atoms with van der Waals surface area (Å²) in [7, 11) is 0. The Morgan fingerprint density at radius 3 is 2.81 bits per heavy atom. The van der Waals surface area contributed by atoms with E-state index in [0.29, 0.717) is 17.6 Å². The molecule has 0 aliphatic heterocycles. The molecule has 0 aromatic carbocycles. The Balaban J connectivity index is 1.94. The normalized spacial score (nSPS) is 16.0. The van der Waals surface area contributed by atoms with Gasteiger partial charge in [0.25, 0.3) is 0 Å². The van der Waals surface area contributed by atoms with E-state index in [4.69, 9.17) is 15.2 Å². The van der Waals surface area contributed by atoms with Crippen molar-refractivity contribution in [2.75, 3.05) is 5.73 Å². The van der Waals surface area contributed by atoms with Crippen LogP contribution in [0.25, 0.3) is 22.6 Å². The zero-order valence-corrected chi connectivity index (χ0v) is 11.8. The summed E-state index contributed by atoms with van der Waals surface area (Å²) in [5.74, 6) is 0.763. The molecule has 1 aliphatic carbocycles. The van der Waals surface area contributed by atoms with Crippen LogP contribution in [-0.4, -0.2) is 24.7 Å². The van der Waals surface area contributed by atoms with Gasteiger partial charge >= 0.3 is 0 Å². The van der Waals surface area contributed by atoms with Crippen molar-refractivity contribution in [1.29, 1.82) is 0 Å². The minimum absolute atomic E-state index is 0.261. The number of hydrogen-bond donors (Lipinski definition) is 1. The zero-order chi connectivity index (χ0) is 14.4. The van der Waals surface area contributed by atoms with E-state index in [9.17, 15) is 0 Å². The number of nitrogens with zero attached hydrogens (tertiary/aromatic N) is 5. The maximum Gasteiger partial charge on any atom is 0.247 e. The van der Waals surface area contributed by atoms with Crippen LogP contribution in [0.4, 0.5) is 5.95 Å². The number of nitrogen functional groups attached to an aromatic ring is 1. The summed E-state index contributed by atoms with van der Waals surface area (Å²) in [6.45, 7) is 1.89. The molecule has 3 heterocycles. The lowest BCUT2D eigenvalue weighted by Crippen LogP contribution is -2.08. The molecule has 0 radical (unpaired) electrons. The Bertz CT molecular complexity index is 799. The molecule has 2 N–H and O–H groups in total. The molecule has 7 nitrogen and oxygen atoms in total. The van der Waals surface area contributed by atoms with Crippen LogP contribution < -0.4 is 5.73 Å². The van der Waals surface area contributed by atoms with E-state index in [-0.39, 0.29) is 5.95 Å². The highest BCUT2D eigenvalue weighted by Crippen LogP contribution is 2.34. The maximum atomic E-state index is 5.74. The van der Waals surface area contributed by atoms with Gasteiger partial charge in [0.05, 0.1) is 17.1 Å². The van der Waals surface area contributed by atoms with Crippen LogP contribution in [0.5, 0.6) is 0 Å². The fourth-order valence-electron chi connectivity index (χ4n) is 2.96. The third-order valence-corrected chi connectivity index (χ3v) is 3.96. The molecule has 7 heteroatoms. The quantitative estimate of drug-likeness (QED) is 0.776. The lowest BCUT2D eigenvalue weighted by Gasteiger charge is -2.10. The average molecular weight is 284 g/mol. The first kappa shape index (κ1) is 12.3. The molecule has 4 rings (SSSR count). The van der Waals surface area contributed by atoms with Gasteiger partial charge in [-0.2, -0.15) is 10.1 Å². The Hall–Kier alpha value is -2.44. The standard InChI is InChI=1S/C14H16N6O/c1-8-7-21-13(17-8)11-10-6-16-14(15)18-12(10)20(19-11)9-4-2-3-5-9/h6-7,9H,2-5H2,1H3,(H2,15,16,18). The molecule has 0 unspecified atom stereocenters. The predicted molar refractivity (Wildman–Crippen MR) is 77.5 cm³/mol. The van der Waals surface area contributed by atoms with E-state index in [1.165, 1.54) is 12.8 Å². The molecular weight excluding hydrogens is 268 g/mol. The summed E-state index contributed by atoms with van der Waals surface area (Å²) in [5, 5.41) is 5.53. The number of aryl methyl sites for hydroxylation is 1. The van der Waals surface area contributed by atoms with E-state index in [1.54, 1.807) is 12.5 Å². The second-order valence-electron chi connectivity index (χ2n) is 5.49. The summed E-state index contributed by atoms with van der Waals surface area (Å²) in [4.78, 5) is 12.8. The van der Waals surface area contributed by atoms with Crippen molar-refractivity contribution in [1.82, 2.24) is 24.7 Å². The molecule has 3 aromatic rings. The van der Waals surface area contributed by atoms with Crippen LogP contribution in [0.3, 0.4) is 0 Å². The zero-order valence-electron chi connectivity index (χ0n) is 11.8. The van der Waals surface area contributed by atoms with Crippen LogP contribution in [0.1, 0.15) is 37.4 Å². The number of hydrogen-bond acceptors (Lipinski definition) is 6. The number of nitrogens with two attached hydrogens (primary N) is 1. The van der Waals surface area contributed by atoms with Gasteiger partial charge in [-0.05, 0) is 19.8 Å². The topological polar surface area (TPSA) is 95.7 Å². The summed E-state index contributed by atoms with van der Waals surface area (Å²) in [6.07, 6.45) is 7.99. The number of rotatable bonds is 2. The third-order valence-electron chi connectivity index (χ3n) is 3.96. The Morgan fingerprint density at radius 1 is 1.29 bits per heavy atom. The monoisotopic (exact) mass is 284 g/mol. The molecule has 3 aromatic heterocycles. The van der Waals surface area contributed by atoms with E-state index in [2.05, 4.69) is 15.0 Å². The first-order chi connectivity index (χ1) is 10.2. The fraction of sp³-hybridized carbons (Fsp3) is 0.429. The molecule has 0 saturated heterocycles. The van der Waals surface area contributed by atoms with Gasteiger partial charge in [-0.3, -0.25) is 0 Å². The molecule has 1 aliphatic rings. The van der Waals surface area contributed by atoms with Gasteiger partial charge in [-0.1, -0.05) is 12.8 Å². The average Bonchev–Trinajstić information content (AvgIpc) is 3.16. The number of aromatic nitrogens is 5. The van der Waals surface area contributed by atoms with Gasteiger partial charge < -0.3 is 10.2 Å². The Labute approximate surface area is 121 Å². The van der Waals surface area contributed by atoms with Gasteiger partial charge in [0.2, 0.25) is 11.8 Å². The predicted octanol–water partition coefficient (Wildman–Crippen LogP) is 2.49. The van der Waals surface area contributed by atoms with Crippen LogP contribution in [0.2, 0.25) is 0 Å². The molecular formula is C14H16N6O. The molecule has 0 amide bonds. The van der Waals surface area contributed by atoms with Gasteiger partial charge in [0, 0.05) is 6.20 Å². The van der Waals surface area contributed by atoms with Gasteiger partial charge in [-0.25, -0.2) is 14.6 Å². The van der Waals surface area contributed by atoms with Gasteiger partial charge in [0.1, 0.15) is 6.26 Å². The Kier molecular flexibility index (Phi) is 2.66. The van der Waals surface area contributed by atoms with Crippen molar-refractivity contribution >= 4 is 17.0 Å². The van der Waals surface area contributed by atoms with E-state index >= 15 is 0 Å². The second-order valence-corrected chi connectivity index (χ2v) is 5.49. The van der Waals surface area contributed by atoms with Crippen molar-refractivity contribution in [2.24, 2.45) is 0 Å².